The average Bonchev–Trinajstić information content (AvgIpc) is 3.19. The van der Waals surface area contributed by atoms with E-state index in [1.54, 1.807) is 29.5 Å². The molecule has 5 rings (SSSR count). The molecule has 2 aliphatic heterocycles. The van der Waals surface area contributed by atoms with Crippen LogP contribution in [0.2, 0.25) is 0 Å². The number of thiophene rings is 1. The molecule has 2 bridgehead atoms. The van der Waals surface area contributed by atoms with Gasteiger partial charge in [-0.2, -0.15) is 0 Å². The van der Waals surface area contributed by atoms with E-state index in [1.165, 1.54) is 4.88 Å². The summed E-state index contributed by atoms with van der Waals surface area (Å²) in [5.74, 6) is 0.463. The van der Waals surface area contributed by atoms with Gasteiger partial charge in [-0.25, -0.2) is 4.39 Å². The molecule has 4 heterocycles. The van der Waals surface area contributed by atoms with Gasteiger partial charge < -0.3 is 15.2 Å². The number of piperidine rings is 2. The van der Waals surface area contributed by atoms with Gasteiger partial charge in [0.2, 0.25) is 5.88 Å². The summed E-state index contributed by atoms with van der Waals surface area (Å²) < 4.78 is 20.6. The summed E-state index contributed by atoms with van der Waals surface area (Å²) in [5.41, 5.74) is 3.19. The lowest BCUT2D eigenvalue weighted by Crippen LogP contribution is -2.59. The quantitative estimate of drug-likeness (QED) is 0.623. The smallest absolute Gasteiger partial charge is 0.233 e. The summed E-state index contributed by atoms with van der Waals surface area (Å²) in [6.45, 7) is 2.06. The predicted molar refractivity (Wildman–Crippen MR) is 116 cm³/mol. The Hall–Kier alpha value is -2.51. The largest absolute Gasteiger partial charge is 0.507 e. The lowest BCUT2D eigenvalue weighted by molar-refractivity contribution is 0.00652. The van der Waals surface area contributed by atoms with Gasteiger partial charge in [0.25, 0.3) is 0 Å². The second-order valence-corrected chi connectivity index (χ2v) is 9.29. The second-order valence-electron chi connectivity index (χ2n) is 8.17. The first-order chi connectivity index (χ1) is 14.6. The molecule has 3 aromatic rings. The molecule has 0 spiro atoms. The van der Waals surface area contributed by atoms with Crippen molar-refractivity contribution in [3.05, 3.63) is 46.7 Å². The molecule has 0 amide bonds. The Morgan fingerprint density at radius 2 is 2.03 bits per heavy atom. The Kier molecular flexibility index (Phi) is 5.16. The topological polar surface area (TPSA) is 67.3 Å². The van der Waals surface area contributed by atoms with Crippen LogP contribution in [0.25, 0.3) is 22.4 Å². The van der Waals surface area contributed by atoms with Crippen LogP contribution in [0.5, 0.6) is 11.6 Å². The summed E-state index contributed by atoms with van der Waals surface area (Å²) in [7, 11) is 0. The fraction of sp³-hybridized carbons (Fsp3) is 0.391. The molecule has 2 fully saturated rings. The number of hydrogen-bond acceptors (Lipinski definition) is 6. The zero-order valence-electron chi connectivity index (χ0n) is 16.7. The van der Waals surface area contributed by atoms with Crippen LogP contribution in [-0.4, -0.2) is 39.7 Å². The normalized spacial score (nSPS) is 25.8. The van der Waals surface area contributed by atoms with Crippen molar-refractivity contribution in [2.24, 2.45) is 0 Å². The number of aryl methyl sites for hydroxylation is 1. The molecular formula is C23H24FN3O2S. The van der Waals surface area contributed by atoms with Crippen LogP contribution >= 0.6 is 11.3 Å². The first-order valence-corrected chi connectivity index (χ1v) is 11.2. The Labute approximate surface area is 178 Å². The lowest BCUT2D eigenvalue weighted by Gasteiger charge is -2.42. The van der Waals surface area contributed by atoms with Crippen LogP contribution < -0.4 is 10.1 Å². The molecule has 0 aliphatic carbocycles. The molecular weight excluding hydrogens is 401 g/mol. The Bertz CT molecular complexity index is 1040. The third-order valence-electron chi connectivity index (χ3n) is 6.02. The fourth-order valence-corrected chi connectivity index (χ4v) is 5.19. The van der Waals surface area contributed by atoms with Crippen LogP contribution in [0.1, 0.15) is 30.6 Å². The molecule has 0 saturated carbocycles. The predicted octanol–water partition coefficient (Wildman–Crippen LogP) is 4.89. The van der Waals surface area contributed by atoms with Crippen molar-refractivity contribution in [3.63, 3.8) is 0 Å². The highest BCUT2D eigenvalue weighted by Gasteiger charge is 2.41. The number of alkyl halides is 1. The standard InChI is InChI=1S/C23H24FN3O2S/c1-13-9-15(12-30-13)14-5-6-17(20(28)10-14)18-7-8-22(27-26-18)29-21-11-16-3-2-4-19(25-16)23(21)24/h5-10,12,16,19,21,23,25,28H,2-4,11H2,1H3/t16-,19+,21-,23+/m1/s1. The third-order valence-corrected chi connectivity index (χ3v) is 6.89. The number of aromatic nitrogens is 2. The minimum absolute atomic E-state index is 0.128. The van der Waals surface area contributed by atoms with Gasteiger partial charge in [0.15, 0.2) is 6.17 Å². The number of halogens is 1. The minimum atomic E-state index is -1.04. The SMILES string of the molecule is Cc1cc(-c2ccc(-c3ccc(O[C@@H]4C[C@H]5CCC[C@H](N5)[C@@H]4F)nn3)c(O)c2)cs1. The molecule has 7 heteroatoms. The fourth-order valence-electron chi connectivity index (χ4n) is 4.48. The van der Waals surface area contributed by atoms with E-state index in [0.717, 1.165) is 30.4 Å². The summed E-state index contributed by atoms with van der Waals surface area (Å²) in [4.78, 5) is 1.22. The zero-order chi connectivity index (χ0) is 20.7. The van der Waals surface area contributed by atoms with Crippen molar-refractivity contribution in [2.75, 3.05) is 0 Å². The summed E-state index contributed by atoms with van der Waals surface area (Å²) >= 11 is 1.68. The van der Waals surface area contributed by atoms with Crippen LogP contribution in [0, 0.1) is 6.92 Å². The van der Waals surface area contributed by atoms with E-state index < -0.39 is 12.3 Å². The van der Waals surface area contributed by atoms with E-state index in [-0.39, 0.29) is 11.8 Å². The second kappa shape index (κ2) is 7.96. The highest BCUT2D eigenvalue weighted by Crippen LogP contribution is 2.35. The maximum atomic E-state index is 14.7. The first-order valence-electron chi connectivity index (χ1n) is 10.4. The van der Waals surface area contributed by atoms with Gasteiger partial charge in [0, 0.05) is 35.0 Å². The monoisotopic (exact) mass is 425 g/mol. The van der Waals surface area contributed by atoms with E-state index in [9.17, 15) is 9.50 Å². The molecule has 30 heavy (non-hydrogen) atoms. The number of ether oxygens (including phenoxy) is 1. The maximum absolute atomic E-state index is 14.7. The molecule has 2 N–H and O–H groups in total. The van der Waals surface area contributed by atoms with E-state index >= 15 is 0 Å². The van der Waals surface area contributed by atoms with E-state index in [1.807, 2.05) is 12.1 Å². The van der Waals surface area contributed by atoms with Crippen LogP contribution in [0.4, 0.5) is 4.39 Å². The van der Waals surface area contributed by atoms with Crippen molar-refractivity contribution in [3.8, 4) is 34.0 Å². The van der Waals surface area contributed by atoms with Gasteiger partial charge in [-0.1, -0.05) is 12.5 Å². The van der Waals surface area contributed by atoms with Crippen molar-refractivity contribution < 1.29 is 14.2 Å². The Morgan fingerprint density at radius 1 is 1.13 bits per heavy atom. The van der Waals surface area contributed by atoms with Gasteiger partial charge in [-0.05, 0) is 60.5 Å². The van der Waals surface area contributed by atoms with Gasteiger partial charge in [0.05, 0.1) is 5.69 Å². The van der Waals surface area contributed by atoms with E-state index in [2.05, 4.69) is 33.9 Å². The number of rotatable bonds is 4. The molecule has 0 unspecified atom stereocenters. The molecule has 0 radical (unpaired) electrons. The molecule has 1 aromatic carbocycles. The van der Waals surface area contributed by atoms with Crippen molar-refractivity contribution in [2.45, 2.75) is 57.0 Å². The van der Waals surface area contributed by atoms with E-state index in [4.69, 9.17) is 4.74 Å². The molecule has 5 nitrogen and oxygen atoms in total. The van der Waals surface area contributed by atoms with Crippen LogP contribution in [0.15, 0.2) is 41.8 Å². The van der Waals surface area contributed by atoms with Crippen LogP contribution in [-0.2, 0) is 0 Å². The molecule has 4 atom stereocenters. The number of hydrogen-bond donors (Lipinski definition) is 2. The molecule has 156 valence electrons. The zero-order valence-corrected chi connectivity index (χ0v) is 17.5. The van der Waals surface area contributed by atoms with Gasteiger partial charge in [0.1, 0.15) is 11.9 Å². The van der Waals surface area contributed by atoms with E-state index in [0.29, 0.717) is 29.6 Å². The minimum Gasteiger partial charge on any atom is -0.507 e. The number of phenols is 1. The Balaban J connectivity index is 1.31. The van der Waals surface area contributed by atoms with Gasteiger partial charge in [-0.3, -0.25) is 0 Å². The summed E-state index contributed by atoms with van der Waals surface area (Å²) in [6, 6.07) is 11.3. The Morgan fingerprint density at radius 3 is 2.77 bits per heavy atom. The number of nitrogens with zero attached hydrogens (tertiary/aromatic N) is 2. The molecule has 2 saturated heterocycles. The summed E-state index contributed by atoms with van der Waals surface area (Å²) in [5, 5.41) is 24.3. The summed E-state index contributed by atoms with van der Waals surface area (Å²) in [6.07, 6.45) is 2.09. The number of nitrogens with one attached hydrogen (secondary N) is 1. The van der Waals surface area contributed by atoms with Crippen molar-refractivity contribution in [1.82, 2.24) is 15.5 Å². The number of aromatic hydroxyl groups is 1. The van der Waals surface area contributed by atoms with Crippen LogP contribution in [0.3, 0.4) is 0 Å². The van der Waals surface area contributed by atoms with Crippen molar-refractivity contribution >= 4 is 11.3 Å². The van der Waals surface area contributed by atoms with Gasteiger partial charge >= 0.3 is 0 Å². The third kappa shape index (κ3) is 3.79. The maximum Gasteiger partial charge on any atom is 0.233 e. The number of benzene rings is 1. The molecule has 2 aliphatic rings. The lowest BCUT2D eigenvalue weighted by atomic mass is 9.84. The number of phenolic OH excluding ortho intramolecular Hbond substituents is 1. The highest BCUT2D eigenvalue weighted by atomic mass is 32.1. The van der Waals surface area contributed by atoms with Gasteiger partial charge in [-0.15, -0.1) is 21.5 Å². The molecule has 2 aromatic heterocycles. The highest BCUT2D eigenvalue weighted by molar-refractivity contribution is 7.10. The number of fused-ring (bicyclic) bond motifs is 2. The average molecular weight is 426 g/mol. The van der Waals surface area contributed by atoms with Crippen molar-refractivity contribution in [1.29, 1.82) is 0 Å². The first kappa shape index (κ1) is 19.5.